The molecule has 1 aliphatic heterocycles. The Labute approximate surface area is 189 Å². The first kappa shape index (κ1) is 22.9. The van der Waals surface area contributed by atoms with Crippen LogP contribution in [0.2, 0.25) is 0 Å². The minimum Gasteiger partial charge on any atom is -0.342 e. The predicted molar refractivity (Wildman–Crippen MR) is 115 cm³/mol. The molecule has 0 radical (unpaired) electrons. The molecular formula is C21H22FN3O5S2. The lowest BCUT2D eigenvalue weighted by Gasteiger charge is -2.28. The lowest BCUT2D eigenvalue weighted by atomic mass is 10.1. The molecule has 0 saturated carbocycles. The highest BCUT2D eigenvalue weighted by Gasteiger charge is 2.44. The average Bonchev–Trinajstić information content (AvgIpc) is 3.38. The Morgan fingerprint density at radius 1 is 1.22 bits per heavy atom. The zero-order chi connectivity index (χ0) is 22.8. The Morgan fingerprint density at radius 3 is 2.59 bits per heavy atom. The summed E-state index contributed by atoms with van der Waals surface area (Å²) in [5.41, 5.74) is 1.55. The molecule has 11 heteroatoms. The van der Waals surface area contributed by atoms with Crippen LogP contribution in [0.3, 0.4) is 0 Å². The molecular weight excluding hydrogens is 457 g/mol. The van der Waals surface area contributed by atoms with Gasteiger partial charge < -0.3 is 14.0 Å². The summed E-state index contributed by atoms with van der Waals surface area (Å²) >= 11 is 1.36. The monoisotopic (exact) mass is 479 g/mol. The topological polar surface area (TPSA) is 92.5 Å². The SMILES string of the molecule is Cc1ccc(S(=O)(=O)OC[C@@H]2CO[C@@](CSc3nncn3C)(c3ccc(F)cc3)O2)cc1. The standard InChI is InChI=1S/C21H22FN3O5S2/c1-15-3-9-19(10-4-15)32(26,27)29-12-18-11-28-21(30-18,16-5-7-17(22)8-6-16)13-31-20-24-23-14-25(20)2/h3-10,14,18H,11-13H2,1-2H3/t18-,21+/m0/s1. The molecule has 1 saturated heterocycles. The van der Waals surface area contributed by atoms with Crippen LogP contribution in [0.4, 0.5) is 4.39 Å². The van der Waals surface area contributed by atoms with Crippen LogP contribution in [0.5, 0.6) is 0 Å². The van der Waals surface area contributed by atoms with Gasteiger partial charge in [0.25, 0.3) is 10.1 Å². The fourth-order valence-electron chi connectivity index (χ4n) is 3.16. The zero-order valence-electron chi connectivity index (χ0n) is 17.5. The van der Waals surface area contributed by atoms with Crippen LogP contribution in [0, 0.1) is 12.7 Å². The number of benzene rings is 2. The number of aryl methyl sites for hydroxylation is 2. The van der Waals surface area contributed by atoms with E-state index < -0.39 is 22.0 Å². The molecule has 1 aromatic heterocycles. The third kappa shape index (κ3) is 5.02. The third-order valence-corrected chi connectivity index (χ3v) is 7.37. The summed E-state index contributed by atoms with van der Waals surface area (Å²) in [6.07, 6.45) is 0.941. The van der Waals surface area contributed by atoms with Crippen LogP contribution in [-0.2, 0) is 36.6 Å². The Morgan fingerprint density at radius 2 is 1.94 bits per heavy atom. The number of aromatic nitrogens is 3. The summed E-state index contributed by atoms with van der Waals surface area (Å²) in [5.74, 6) is -1.30. The molecule has 2 aromatic carbocycles. The van der Waals surface area contributed by atoms with Gasteiger partial charge in [-0.2, -0.15) is 8.42 Å². The Bertz CT molecular complexity index is 1170. The molecule has 32 heavy (non-hydrogen) atoms. The van der Waals surface area contributed by atoms with Gasteiger partial charge >= 0.3 is 0 Å². The molecule has 2 atom stereocenters. The van der Waals surface area contributed by atoms with Crippen LogP contribution in [0.1, 0.15) is 11.1 Å². The van der Waals surface area contributed by atoms with E-state index in [0.29, 0.717) is 16.5 Å². The number of halogens is 1. The van der Waals surface area contributed by atoms with Gasteiger partial charge in [0.05, 0.1) is 23.9 Å². The quantitative estimate of drug-likeness (QED) is 0.360. The van der Waals surface area contributed by atoms with Gasteiger partial charge in [-0.25, -0.2) is 4.39 Å². The molecule has 1 fully saturated rings. The van der Waals surface area contributed by atoms with Gasteiger partial charge in [-0.15, -0.1) is 10.2 Å². The lowest BCUT2D eigenvalue weighted by molar-refractivity contribution is -0.160. The average molecular weight is 480 g/mol. The fraction of sp³-hybridized carbons (Fsp3) is 0.333. The van der Waals surface area contributed by atoms with E-state index in [4.69, 9.17) is 13.7 Å². The van der Waals surface area contributed by atoms with Crippen molar-refractivity contribution in [2.75, 3.05) is 19.0 Å². The van der Waals surface area contributed by atoms with Gasteiger partial charge in [-0.1, -0.05) is 41.6 Å². The highest BCUT2D eigenvalue weighted by atomic mass is 32.2. The summed E-state index contributed by atoms with van der Waals surface area (Å²) in [6.45, 7) is 1.77. The van der Waals surface area contributed by atoms with Crippen molar-refractivity contribution in [1.29, 1.82) is 0 Å². The van der Waals surface area contributed by atoms with Crippen molar-refractivity contribution >= 4 is 21.9 Å². The van der Waals surface area contributed by atoms with E-state index in [1.54, 1.807) is 35.2 Å². The van der Waals surface area contributed by atoms with Crippen LogP contribution in [0.15, 0.2) is 64.9 Å². The van der Waals surface area contributed by atoms with Gasteiger partial charge in [0.2, 0.25) is 5.79 Å². The maximum Gasteiger partial charge on any atom is 0.297 e. The van der Waals surface area contributed by atoms with Crippen molar-refractivity contribution in [2.45, 2.75) is 28.9 Å². The molecule has 0 amide bonds. The molecule has 0 unspecified atom stereocenters. The largest absolute Gasteiger partial charge is 0.342 e. The predicted octanol–water partition coefficient (Wildman–Crippen LogP) is 3.03. The molecule has 0 N–H and O–H groups in total. The van der Waals surface area contributed by atoms with Crippen molar-refractivity contribution in [3.8, 4) is 0 Å². The Balaban J connectivity index is 1.48. The molecule has 1 aliphatic rings. The van der Waals surface area contributed by atoms with E-state index in [2.05, 4.69) is 10.2 Å². The first-order valence-electron chi connectivity index (χ1n) is 9.78. The number of ether oxygens (including phenoxy) is 2. The lowest BCUT2D eigenvalue weighted by Crippen LogP contribution is -2.32. The summed E-state index contributed by atoms with van der Waals surface area (Å²) in [5, 5.41) is 8.55. The van der Waals surface area contributed by atoms with Crippen LogP contribution < -0.4 is 0 Å². The van der Waals surface area contributed by atoms with Crippen molar-refractivity contribution < 1.29 is 26.5 Å². The van der Waals surface area contributed by atoms with Crippen LogP contribution >= 0.6 is 11.8 Å². The summed E-state index contributed by atoms with van der Waals surface area (Å²) in [6, 6.07) is 12.2. The van der Waals surface area contributed by atoms with Crippen LogP contribution in [0.25, 0.3) is 0 Å². The normalized spacial score (nSPS) is 21.2. The van der Waals surface area contributed by atoms with E-state index in [1.165, 1.54) is 36.0 Å². The number of nitrogens with zero attached hydrogens (tertiary/aromatic N) is 3. The van der Waals surface area contributed by atoms with Gasteiger partial charge in [-0.05, 0) is 31.2 Å². The van der Waals surface area contributed by atoms with Crippen molar-refractivity contribution in [2.24, 2.45) is 7.05 Å². The van der Waals surface area contributed by atoms with Gasteiger partial charge in [0.1, 0.15) is 18.2 Å². The van der Waals surface area contributed by atoms with Crippen molar-refractivity contribution in [3.63, 3.8) is 0 Å². The highest BCUT2D eigenvalue weighted by Crippen LogP contribution is 2.39. The van der Waals surface area contributed by atoms with E-state index in [9.17, 15) is 12.8 Å². The Hall–Kier alpha value is -2.31. The molecule has 0 bridgehead atoms. The Kier molecular flexibility index (Phi) is 6.63. The zero-order valence-corrected chi connectivity index (χ0v) is 19.1. The van der Waals surface area contributed by atoms with Crippen molar-refractivity contribution in [1.82, 2.24) is 14.8 Å². The molecule has 3 aromatic rings. The highest BCUT2D eigenvalue weighted by molar-refractivity contribution is 7.99. The second-order valence-corrected chi connectivity index (χ2v) is 9.93. The fourth-order valence-corrected chi connectivity index (χ4v) is 5.09. The number of thioether (sulfide) groups is 1. The van der Waals surface area contributed by atoms with Gasteiger partial charge in [0.15, 0.2) is 5.16 Å². The van der Waals surface area contributed by atoms with E-state index in [1.807, 2.05) is 14.0 Å². The van der Waals surface area contributed by atoms with E-state index in [-0.39, 0.29) is 23.9 Å². The first-order chi connectivity index (χ1) is 15.3. The van der Waals surface area contributed by atoms with Gasteiger partial charge in [-0.3, -0.25) is 4.18 Å². The summed E-state index contributed by atoms with van der Waals surface area (Å²) < 4.78 is 57.6. The second kappa shape index (κ2) is 9.28. The smallest absolute Gasteiger partial charge is 0.297 e. The molecule has 4 rings (SSSR count). The molecule has 2 heterocycles. The third-order valence-electron chi connectivity index (χ3n) is 4.92. The molecule has 170 valence electrons. The number of rotatable bonds is 8. The molecule has 8 nitrogen and oxygen atoms in total. The van der Waals surface area contributed by atoms with E-state index in [0.717, 1.165) is 5.56 Å². The first-order valence-corrected chi connectivity index (χ1v) is 12.2. The van der Waals surface area contributed by atoms with E-state index >= 15 is 0 Å². The van der Waals surface area contributed by atoms with Crippen molar-refractivity contribution in [3.05, 3.63) is 71.8 Å². The number of hydrogen-bond acceptors (Lipinski definition) is 8. The maximum atomic E-state index is 13.5. The maximum absolute atomic E-state index is 13.5. The van der Waals surface area contributed by atoms with Crippen LogP contribution in [-0.4, -0.2) is 48.3 Å². The summed E-state index contributed by atoms with van der Waals surface area (Å²) in [4.78, 5) is 0.0738. The summed E-state index contributed by atoms with van der Waals surface area (Å²) in [7, 11) is -2.12. The minimum absolute atomic E-state index is 0.0738. The van der Waals surface area contributed by atoms with Gasteiger partial charge in [0, 0.05) is 12.6 Å². The minimum atomic E-state index is -3.94. The number of hydrogen-bond donors (Lipinski definition) is 0. The molecule has 0 spiro atoms. The molecule has 0 aliphatic carbocycles. The second-order valence-electron chi connectivity index (χ2n) is 7.38.